The molecule has 0 aliphatic heterocycles. The van der Waals surface area contributed by atoms with Crippen molar-refractivity contribution in [1.29, 1.82) is 5.26 Å². The summed E-state index contributed by atoms with van der Waals surface area (Å²) >= 11 is 5.85. The summed E-state index contributed by atoms with van der Waals surface area (Å²) in [7, 11) is 0. The smallest absolute Gasteiger partial charge is 0.167 e. The van der Waals surface area contributed by atoms with Crippen molar-refractivity contribution >= 4 is 28.4 Å². The maximum absolute atomic E-state index is 14.3. The highest BCUT2D eigenvalue weighted by Gasteiger charge is 2.20. The van der Waals surface area contributed by atoms with Gasteiger partial charge in [0.05, 0.1) is 34.9 Å². The standard InChI is InChI=1S/C22H21ClFN3O/c1-14(15-4-6-16(7-5-15)22(2,3)12-25)10-17(28)11-27-13-26-19-9-8-18(23)20(24)21(19)27/h4-9,13-14H,10-11H2,1-3H3/t14-/m1/s1. The van der Waals surface area contributed by atoms with E-state index in [1.54, 1.807) is 6.07 Å². The van der Waals surface area contributed by atoms with Crippen LogP contribution in [0.1, 0.15) is 44.2 Å². The Morgan fingerprint density at radius 2 is 1.96 bits per heavy atom. The van der Waals surface area contributed by atoms with Crippen LogP contribution in [0.2, 0.25) is 5.02 Å². The van der Waals surface area contributed by atoms with Crippen LogP contribution in [0, 0.1) is 17.1 Å². The molecule has 0 radical (unpaired) electrons. The molecule has 1 atom stereocenters. The zero-order chi connectivity index (χ0) is 20.5. The van der Waals surface area contributed by atoms with Gasteiger partial charge in [-0.15, -0.1) is 0 Å². The molecule has 0 aliphatic rings. The largest absolute Gasteiger partial charge is 0.321 e. The molecule has 0 fully saturated rings. The Balaban J connectivity index is 1.72. The van der Waals surface area contributed by atoms with E-state index in [2.05, 4.69) is 11.1 Å². The van der Waals surface area contributed by atoms with Gasteiger partial charge in [-0.1, -0.05) is 42.8 Å². The van der Waals surface area contributed by atoms with Crippen molar-refractivity contribution in [1.82, 2.24) is 9.55 Å². The molecule has 2 aromatic carbocycles. The minimum absolute atomic E-state index is 0.00923. The molecule has 3 rings (SSSR count). The number of hydrogen-bond acceptors (Lipinski definition) is 3. The first kappa shape index (κ1) is 20.0. The number of carbonyl (C=O) groups is 1. The second-order valence-corrected chi connectivity index (χ2v) is 8.01. The van der Waals surface area contributed by atoms with Crippen molar-refractivity contribution < 1.29 is 9.18 Å². The molecule has 0 aliphatic carbocycles. The highest BCUT2D eigenvalue weighted by molar-refractivity contribution is 6.31. The summed E-state index contributed by atoms with van der Waals surface area (Å²) in [5, 5.41) is 9.25. The maximum atomic E-state index is 14.3. The number of rotatable bonds is 6. The Morgan fingerprint density at radius 1 is 1.29 bits per heavy atom. The number of fused-ring (bicyclic) bond motifs is 1. The van der Waals surface area contributed by atoms with Crippen molar-refractivity contribution in [3.8, 4) is 6.07 Å². The van der Waals surface area contributed by atoms with Crippen molar-refractivity contribution in [3.63, 3.8) is 0 Å². The molecule has 0 saturated carbocycles. The molecule has 6 heteroatoms. The number of nitriles is 1. The third-order valence-electron chi connectivity index (χ3n) is 5.03. The zero-order valence-corrected chi connectivity index (χ0v) is 16.8. The van der Waals surface area contributed by atoms with Gasteiger partial charge in [-0.3, -0.25) is 4.79 Å². The minimum Gasteiger partial charge on any atom is -0.321 e. The number of ketones is 1. The average Bonchev–Trinajstić information content (AvgIpc) is 3.08. The van der Waals surface area contributed by atoms with E-state index in [-0.39, 0.29) is 28.8 Å². The van der Waals surface area contributed by atoms with Gasteiger partial charge in [0.1, 0.15) is 5.52 Å². The number of imidazole rings is 1. The lowest BCUT2D eigenvalue weighted by atomic mass is 9.84. The number of benzene rings is 2. The molecule has 0 amide bonds. The van der Waals surface area contributed by atoms with Crippen LogP contribution >= 0.6 is 11.6 Å². The van der Waals surface area contributed by atoms with Crippen LogP contribution in [0.3, 0.4) is 0 Å². The lowest BCUT2D eigenvalue weighted by Gasteiger charge is -2.17. The second-order valence-electron chi connectivity index (χ2n) is 7.60. The van der Waals surface area contributed by atoms with Gasteiger partial charge >= 0.3 is 0 Å². The Morgan fingerprint density at radius 3 is 2.61 bits per heavy atom. The van der Waals surface area contributed by atoms with Crippen LogP contribution in [0.5, 0.6) is 0 Å². The number of carbonyl (C=O) groups excluding carboxylic acids is 1. The Bertz CT molecular complexity index is 1060. The van der Waals surface area contributed by atoms with Crippen molar-refractivity contribution in [2.45, 2.75) is 45.1 Å². The molecule has 1 aromatic heterocycles. The number of halogens is 2. The number of nitrogens with zero attached hydrogens (tertiary/aromatic N) is 3. The van der Waals surface area contributed by atoms with E-state index in [0.717, 1.165) is 11.1 Å². The maximum Gasteiger partial charge on any atom is 0.167 e. The highest BCUT2D eigenvalue weighted by Crippen LogP contribution is 2.27. The normalized spacial score (nSPS) is 12.7. The fraction of sp³-hybridized carbons (Fsp3) is 0.318. The van der Waals surface area contributed by atoms with E-state index < -0.39 is 11.2 Å². The van der Waals surface area contributed by atoms with Crippen molar-refractivity contribution in [2.24, 2.45) is 0 Å². The Hall–Kier alpha value is -2.71. The summed E-state index contributed by atoms with van der Waals surface area (Å²) in [6.07, 6.45) is 1.79. The van der Waals surface area contributed by atoms with Gasteiger partial charge in [0.15, 0.2) is 11.6 Å². The van der Waals surface area contributed by atoms with E-state index in [9.17, 15) is 14.4 Å². The highest BCUT2D eigenvalue weighted by atomic mass is 35.5. The summed E-state index contributed by atoms with van der Waals surface area (Å²) in [6.45, 7) is 5.76. The number of hydrogen-bond donors (Lipinski definition) is 0. The molecule has 0 spiro atoms. The van der Waals surface area contributed by atoms with Crippen LogP contribution in [0.25, 0.3) is 11.0 Å². The molecule has 144 valence electrons. The van der Waals surface area contributed by atoms with Crippen molar-refractivity contribution in [3.05, 3.63) is 64.7 Å². The zero-order valence-electron chi connectivity index (χ0n) is 16.0. The van der Waals surface area contributed by atoms with Gasteiger partial charge in [0.2, 0.25) is 0 Å². The molecule has 0 saturated heterocycles. The molecule has 4 nitrogen and oxygen atoms in total. The lowest BCUT2D eigenvalue weighted by molar-refractivity contribution is -0.119. The topological polar surface area (TPSA) is 58.7 Å². The van der Waals surface area contributed by atoms with Gasteiger partial charge in [-0.25, -0.2) is 9.37 Å². The van der Waals surface area contributed by atoms with Crippen molar-refractivity contribution in [2.75, 3.05) is 0 Å². The number of aromatic nitrogens is 2. The summed E-state index contributed by atoms with van der Waals surface area (Å²) in [5.74, 6) is -0.573. The van der Waals surface area contributed by atoms with E-state index in [4.69, 9.17) is 11.6 Å². The third kappa shape index (κ3) is 3.93. The first-order chi connectivity index (χ1) is 13.2. The molecular weight excluding hydrogens is 377 g/mol. The SMILES string of the molecule is C[C@H](CC(=O)Cn1cnc2ccc(Cl)c(F)c21)c1ccc(C(C)(C)C#N)cc1. The third-order valence-corrected chi connectivity index (χ3v) is 5.32. The Kier molecular flexibility index (Phi) is 5.53. The summed E-state index contributed by atoms with van der Waals surface area (Å²) in [4.78, 5) is 16.7. The molecule has 0 N–H and O–H groups in total. The second kappa shape index (κ2) is 7.73. The van der Waals surface area contributed by atoms with E-state index in [0.29, 0.717) is 11.9 Å². The predicted molar refractivity (Wildman–Crippen MR) is 108 cm³/mol. The summed E-state index contributed by atoms with van der Waals surface area (Å²) in [5.41, 5.74) is 2.13. The minimum atomic E-state index is -0.562. The monoisotopic (exact) mass is 397 g/mol. The molecule has 28 heavy (non-hydrogen) atoms. The molecule has 0 unspecified atom stereocenters. The summed E-state index contributed by atoms with van der Waals surface area (Å²) in [6, 6.07) is 13.1. The van der Waals surface area contributed by atoms with Crippen LogP contribution in [0.4, 0.5) is 4.39 Å². The van der Waals surface area contributed by atoms with Crippen LogP contribution < -0.4 is 0 Å². The van der Waals surface area contributed by atoms with Gasteiger partial charge in [0, 0.05) is 6.42 Å². The van der Waals surface area contributed by atoms with Gasteiger partial charge in [-0.05, 0) is 43.0 Å². The van der Waals surface area contributed by atoms with E-state index >= 15 is 0 Å². The summed E-state index contributed by atoms with van der Waals surface area (Å²) < 4.78 is 15.8. The molecule has 1 heterocycles. The number of Topliss-reactive ketones (excluding diaryl/α,β-unsaturated/α-hetero) is 1. The van der Waals surface area contributed by atoms with Gasteiger partial charge in [-0.2, -0.15) is 5.26 Å². The van der Waals surface area contributed by atoms with Gasteiger partial charge < -0.3 is 4.57 Å². The molecular formula is C22H21ClFN3O. The fourth-order valence-electron chi connectivity index (χ4n) is 3.22. The fourth-order valence-corrected chi connectivity index (χ4v) is 3.38. The van der Waals surface area contributed by atoms with Crippen LogP contribution in [-0.4, -0.2) is 15.3 Å². The van der Waals surface area contributed by atoms with E-state index in [1.165, 1.54) is 17.0 Å². The van der Waals surface area contributed by atoms with Crippen LogP contribution in [0.15, 0.2) is 42.7 Å². The average molecular weight is 398 g/mol. The quantitative estimate of drug-likeness (QED) is 0.560. The molecule has 0 bridgehead atoms. The predicted octanol–water partition coefficient (Wildman–Crippen LogP) is 5.39. The Labute approximate surface area is 168 Å². The van der Waals surface area contributed by atoms with Gasteiger partial charge in [0.25, 0.3) is 0 Å². The van der Waals surface area contributed by atoms with Crippen LogP contribution in [-0.2, 0) is 16.8 Å². The van der Waals surface area contributed by atoms with E-state index in [1.807, 2.05) is 45.0 Å². The first-order valence-corrected chi connectivity index (χ1v) is 9.43. The first-order valence-electron chi connectivity index (χ1n) is 9.05. The lowest BCUT2D eigenvalue weighted by Crippen LogP contribution is -2.14. The molecule has 3 aromatic rings.